The van der Waals surface area contributed by atoms with Crippen LogP contribution in [0.2, 0.25) is 0 Å². The van der Waals surface area contributed by atoms with Crippen LogP contribution in [0.1, 0.15) is 11.1 Å². The molecule has 2 aromatic carbocycles. The molecule has 0 aliphatic heterocycles. The van der Waals surface area contributed by atoms with E-state index in [1.54, 1.807) is 12.1 Å². The van der Waals surface area contributed by atoms with Gasteiger partial charge in [0.2, 0.25) is 5.75 Å². The molecule has 0 aliphatic rings. The van der Waals surface area contributed by atoms with Crippen molar-refractivity contribution in [2.75, 3.05) is 27.9 Å². The third-order valence-electron chi connectivity index (χ3n) is 3.88. The van der Waals surface area contributed by atoms with Gasteiger partial charge in [0.05, 0.1) is 21.3 Å². The molecule has 0 saturated heterocycles. The van der Waals surface area contributed by atoms with Gasteiger partial charge in [0.15, 0.2) is 18.1 Å². The molecule has 2 rings (SSSR count). The van der Waals surface area contributed by atoms with Crippen molar-refractivity contribution in [1.82, 2.24) is 5.32 Å². The largest absolute Gasteiger partial charge is 0.493 e. The first-order chi connectivity index (χ1) is 14.0. The summed E-state index contributed by atoms with van der Waals surface area (Å²) < 4.78 is 21.6. The van der Waals surface area contributed by atoms with Gasteiger partial charge in [-0.2, -0.15) is 0 Å². The van der Waals surface area contributed by atoms with Gasteiger partial charge >= 0.3 is 5.97 Å². The van der Waals surface area contributed by atoms with E-state index in [1.165, 1.54) is 33.5 Å². The van der Waals surface area contributed by atoms with Crippen LogP contribution in [0, 0.1) is 0 Å². The van der Waals surface area contributed by atoms with E-state index in [0.717, 1.165) is 10.0 Å². The molecule has 0 saturated carbocycles. The third-order valence-corrected chi connectivity index (χ3v) is 4.65. The van der Waals surface area contributed by atoms with Crippen LogP contribution in [0.3, 0.4) is 0 Å². The van der Waals surface area contributed by atoms with E-state index in [-0.39, 0.29) is 6.61 Å². The molecule has 0 unspecified atom stereocenters. The number of benzene rings is 2. The molecule has 0 aromatic heterocycles. The first-order valence-corrected chi connectivity index (χ1v) is 9.42. The molecule has 2 aromatic rings. The van der Waals surface area contributed by atoms with Crippen molar-refractivity contribution in [1.29, 1.82) is 0 Å². The normalized spacial score (nSPS) is 10.5. The van der Waals surface area contributed by atoms with E-state index in [0.29, 0.717) is 29.4 Å². The lowest BCUT2D eigenvalue weighted by Gasteiger charge is -2.12. The van der Waals surface area contributed by atoms with Gasteiger partial charge in [0.1, 0.15) is 0 Å². The van der Waals surface area contributed by atoms with Crippen molar-refractivity contribution in [3.63, 3.8) is 0 Å². The molecule has 0 atom stereocenters. The fourth-order valence-electron chi connectivity index (χ4n) is 2.43. The van der Waals surface area contributed by atoms with Gasteiger partial charge in [0, 0.05) is 17.1 Å². The molecule has 1 N–H and O–H groups in total. The predicted octanol–water partition coefficient (Wildman–Crippen LogP) is 3.35. The van der Waals surface area contributed by atoms with Gasteiger partial charge in [-0.15, -0.1) is 0 Å². The van der Waals surface area contributed by atoms with Crippen LogP contribution >= 0.6 is 15.9 Å². The number of hydrogen-bond donors (Lipinski definition) is 1. The lowest BCUT2D eigenvalue weighted by atomic mass is 10.1. The van der Waals surface area contributed by atoms with Crippen LogP contribution < -0.4 is 19.5 Å². The molecule has 0 radical (unpaired) electrons. The maximum absolute atomic E-state index is 11.9. The summed E-state index contributed by atoms with van der Waals surface area (Å²) in [5, 5.41) is 2.69. The molecule has 8 heteroatoms. The second-order valence-corrected chi connectivity index (χ2v) is 6.62. The summed E-state index contributed by atoms with van der Waals surface area (Å²) in [6.07, 6.45) is 2.76. The summed E-state index contributed by atoms with van der Waals surface area (Å²) in [6.45, 7) is -0.0397. The molecule has 0 spiro atoms. The molecule has 7 nitrogen and oxygen atoms in total. The number of halogens is 1. The highest BCUT2D eigenvalue weighted by Gasteiger charge is 2.12. The molecular formula is C21H22BrNO6. The van der Waals surface area contributed by atoms with Gasteiger partial charge in [-0.05, 0) is 35.4 Å². The molecule has 0 aliphatic carbocycles. The number of carbonyl (C=O) groups is 2. The van der Waals surface area contributed by atoms with Crippen LogP contribution in [-0.2, 0) is 20.9 Å². The second-order valence-electron chi connectivity index (χ2n) is 5.77. The Morgan fingerprint density at radius 2 is 1.69 bits per heavy atom. The third kappa shape index (κ3) is 6.53. The Labute approximate surface area is 177 Å². The van der Waals surface area contributed by atoms with E-state index in [2.05, 4.69) is 21.2 Å². The summed E-state index contributed by atoms with van der Waals surface area (Å²) in [5.74, 6) is 0.346. The predicted molar refractivity (Wildman–Crippen MR) is 112 cm³/mol. The highest BCUT2D eigenvalue weighted by Crippen LogP contribution is 2.38. The number of ether oxygens (including phenoxy) is 4. The fraction of sp³-hybridized carbons (Fsp3) is 0.238. The van der Waals surface area contributed by atoms with E-state index in [1.807, 2.05) is 24.3 Å². The number of carbonyl (C=O) groups excluding carboxylic acids is 2. The minimum atomic E-state index is -0.644. The maximum Gasteiger partial charge on any atom is 0.331 e. The quantitative estimate of drug-likeness (QED) is 0.453. The number of esters is 1. The molecule has 0 fully saturated rings. The Morgan fingerprint density at radius 1 is 1.03 bits per heavy atom. The zero-order valence-electron chi connectivity index (χ0n) is 16.4. The highest BCUT2D eigenvalue weighted by molar-refractivity contribution is 9.10. The number of hydrogen-bond acceptors (Lipinski definition) is 6. The minimum absolute atomic E-state index is 0.332. The SMILES string of the molecule is COc1cc(C=CC(=O)OCC(=O)NCc2ccccc2Br)cc(OC)c1OC. The zero-order valence-corrected chi connectivity index (χ0v) is 17.9. The Bertz CT molecular complexity index is 871. The second kappa shape index (κ2) is 11.1. The molecule has 1 amide bonds. The first-order valence-electron chi connectivity index (χ1n) is 8.63. The summed E-state index contributed by atoms with van der Waals surface area (Å²) in [7, 11) is 4.52. The van der Waals surface area contributed by atoms with E-state index in [4.69, 9.17) is 18.9 Å². The van der Waals surface area contributed by atoms with Crippen molar-refractivity contribution in [3.05, 3.63) is 58.1 Å². The zero-order chi connectivity index (χ0) is 21.2. The lowest BCUT2D eigenvalue weighted by Crippen LogP contribution is -2.28. The van der Waals surface area contributed by atoms with Crippen LogP contribution in [0.5, 0.6) is 17.2 Å². The molecule has 29 heavy (non-hydrogen) atoms. The summed E-state index contributed by atoms with van der Waals surface area (Å²) in [5.41, 5.74) is 1.57. The molecule has 0 bridgehead atoms. The van der Waals surface area contributed by atoms with Gasteiger partial charge in [-0.1, -0.05) is 34.1 Å². The minimum Gasteiger partial charge on any atom is -0.493 e. The van der Waals surface area contributed by atoms with Crippen molar-refractivity contribution in [3.8, 4) is 17.2 Å². The summed E-state index contributed by atoms with van der Waals surface area (Å²) >= 11 is 3.41. The monoisotopic (exact) mass is 463 g/mol. The first kappa shape index (κ1) is 22.3. The van der Waals surface area contributed by atoms with Gasteiger partial charge < -0.3 is 24.3 Å². The molecule has 154 valence electrons. The number of amides is 1. The smallest absolute Gasteiger partial charge is 0.331 e. The van der Waals surface area contributed by atoms with E-state index < -0.39 is 11.9 Å². The van der Waals surface area contributed by atoms with Crippen molar-refractivity contribution < 1.29 is 28.5 Å². The topological polar surface area (TPSA) is 83.1 Å². The maximum atomic E-state index is 11.9. The highest BCUT2D eigenvalue weighted by atomic mass is 79.9. The average Bonchev–Trinajstić information content (AvgIpc) is 2.74. The van der Waals surface area contributed by atoms with Gasteiger partial charge in [0.25, 0.3) is 5.91 Å². The molecular weight excluding hydrogens is 442 g/mol. The van der Waals surface area contributed by atoms with Crippen LogP contribution in [0.4, 0.5) is 0 Å². The van der Waals surface area contributed by atoms with Crippen LogP contribution in [0.15, 0.2) is 46.9 Å². The van der Waals surface area contributed by atoms with Crippen molar-refractivity contribution >= 4 is 33.9 Å². The van der Waals surface area contributed by atoms with Gasteiger partial charge in [-0.3, -0.25) is 4.79 Å². The Morgan fingerprint density at radius 3 is 2.28 bits per heavy atom. The van der Waals surface area contributed by atoms with Crippen molar-refractivity contribution in [2.45, 2.75) is 6.54 Å². The van der Waals surface area contributed by atoms with Crippen molar-refractivity contribution in [2.24, 2.45) is 0 Å². The van der Waals surface area contributed by atoms with E-state index in [9.17, 15) is 9.59 Å². The van der Waals surface area contributed by atoms with E-state index >= 15 is 0 Å². The van der Waals surface area contributed by atoms with Crippen LogP contribution in [0.25, 0.3) is 6.08 Å². The Hall–Kier alpha value is -3.00. The Kier molecular flexibility index (Phi) is 8.54. The summed E-state index contributed by atoms with van der Waals surface area (Å²) in [4.78, 5) is 23.8. The number of rotatable bonds is 9. The number of methoxy groups -OCH3 is 3. The lowest BCUT2D eigenvalue weighted by molar-refractivity contribution is -0.143. The standard InChI is InChI=1S/C21H22BrNO6/c1-26-17-10-14(11-18(27-2)21(17)28-3)8-9-20(25)29-13-19(24)23-12-15-6-4-5-7-16(15)22/h4-11H,12-13H2,1-3H3,(H,23,24). The average molecular weight is 464 g/mol. The van der Waals surface area contributed by atoms with Gasteiger partial charge in [-0.25, -0.2) is 4.79 Å². The number of nitrogens with one attached hydrogen (secondary N) is 1. The Balaban J connectivity index is 1.89. The van der Waals surface area contributed by atoms with Crippen LogP contribution in [-0.4, -0.2) is 39.8 Å². The summed E-state index contributed by atoms with van der Waals surface area (Å²) in [6, 6.07) is 10.9. The fourth-order valence-corrected chi connectivity index (χ4v) is 2.86. The molecule has 0 heterocycles.